The van der Waals surface area contributed by atoms with E-state index in [1.165, 1.54) is 0 Å². The number of rotatable bonds is 6. The first kappa shape index (κ1) is 24.9. The second kappa shape index (κ2) is 10.7. The van der Waals surface area contributed by atoms with E-state index in [0.29, 0.717) is 11.6 Å². The Morgan fingerprint density at radius 1 is 0.744 bits per heavy atom. The van der Waals surface area contributed by atoms with Gasteiger partial charge in [0.1, 0.15) is 5.82 Å². The minimum absolute atomic E-state index is 0.0333. The van der Waals surface area contributed by atoms with Crippen LogP contribution in [0.25, 0.3) is 33.1 Å². The van der Waals surface area contributed by atoms with Crippen LogP contribution in [0.5, 0.6) is 0 Å². The summed E-state index contributed by atoms with van der Waals surface area (Å²) in [7, 11) is 4.13. The molecule has 1 fully saturated rings. The van der Waals surface area contributed by atoms with Crippen LogP contribution in [0.4, 0.5) is 11.5 Å². The van der Waals surface area contributed by atoms with Crippen LogP contribution in [0.15, 0.2) is 91.0 Å². The fourth-order valence-electron chi connectivity index (χ4n) is 5.58. The lowest BCUT2D eigenvalue weighted by molar-refractivity contribution is 0.0928. The fraction of sp³-hybridized carbons (Fsp3) is 0.242. The van der Waals surface area contributed by atoms with E-state index in [1.54, 1.807) is 0 Å². The first-order chi connectivity index (χ1) is 19.0. The van der Waals surface area contributed by atoms with E-state index >= 15 is 0 Å². The Hall–Kier alpha value is -4.45. The van der Waals surface area contributed by atoms with Crippen LogP contribution >= 0.6 is 0 Å². The standard InChI is InChI=1S/C33H33N5O/c1-38(2)31-21-32(37-29-15-9-7-13-26(29)31)34-23-16-18-24(19-17-23)35-33(39)27-20-30(22-10-4-3-5-11-22)36-28-14-8-6-12-25(27)28/h3-15,20-21,23-24H,16-19H2,1-2H3,(H,34,37)(H,35,39). The molecule has 0 aliphatic heterocycles. The van der Waals surface area contributed by atoms with E-state index in [2.05, 4.69) is 53.9 Å². The van der Waals surface area contributed by atoms with E-state index in [1.807, 2.05) is 66.7 Å². The Balaban J connectivity index is 1.15. The highest BCUT2D eigenvalue weighted by atomic mass is 16.1. The molecule has 196 valence electrons. The number of carbonyl (C=O) groups is 1. The van der Waals surface area contributed by atoms with Gasteiger partial charge in [0.15, 0.2) is 0 Å². The van der Waals surface area contributed by atoms with Gasteiger partial charge in [0.05, 0.1) is 22.3 Å². The Bertz CT molecular complexity index is 1620. The number of anilines is 2. The van der Waals surface area contributed by atoms with Crippen molar-refractivity contribution in [3.63, 3.8) is 0 Å². The molecule has 1 aliphatic carbocycles. The molecule has 1 saturated carbocycles. The summed E-state index contributed by atoms with van der Waals surface area (Å²) in [6.07, 6.45) is 3.80. The molecule has 1 aliphatic rings. The fourth-order valence-corrected chi connectivity index (χ4v) is 5.58. The molecule has 2 N–H and O–H groups in total. The van der Waals surface area contributed by atoms with E-state index in [9.17, 15) is 4.79 Å². The molecule has 0 bridgehead atoms. The zero-order valence-electron chi connectivity index (χ0n) is 22.4. The molecule has 0 saturated heterocycles. The summed E-state index contributed by atoms with van der Waals surface area (Å²) < 4.78 is 0. The van der Waals surface area contributed by atoms with Gasteiger partial charge in [-0.1, -0.05) is 66.7 Å². The average Bonchev–Trinajstić information content (AvgIpc) is 2.97. The molecule has 39 heavy (non-hydrogen) atoms. The summed E-state index contributed by atoms with van der Waals surface area (Å²) in [4.78, 5) is 25.4. The van der Waals surface area contributed by atoms with Gasteiger partial charge in [-0.05, 0) is 43.9 Å². The monoisotopic (exact) mass is 515 g/mol. The molecule has 2 aromatic heterocycles. The van der Waals surface area contributed by atoms with Crippen molar-refractivity contribution in [2.75, 3.05) is 24.3 Å². The predicted molar refractivity (Wildman–Crippen MR) is 160 cm³/mol. The lowest BCUT2D eigenvalue weighted by atomic mass is 9.90. The second-order valence-electron chi connectivity index (χ2n) is 10.5. The van der Waals surface area contributed by atoms with Gasteiger partial charge in [0.2, 0.25) is 0 Å². The van der Waals surface area contributed by atoms with Crippen molar-refractivity contribution in [1.29, 1.82) is 0 Å². The van der Waals surface area contributed by atoms with Crippen LogP contribution in [0.1, 0.15) is 36.0 Å². The SMILES string of the molecule is CN(C)c1cc(NC2CCC(NC(=O)c3cc(-c4ccccc4)nc4ccccc34)CC2)nc2ccccc12. The molecule has 0 spiro atoms. The molecule has 0 unspecified atom stereocenters. The lowest BCUT2D eigenvalue weighted by Crippen LogP contribution is -2.40. The highest BCUT2D eigenvalue weighted by Gasteiger charge is 2.24. The van der Waals surface area contributed by atoms with Crippen molar-refractivity contribution >= 4 is 39.2 Å². The molecule has 0 atom stereocenters. The molecule has 1 amide bonds. The van der Waals surface area contributed by atoms with Gasteiger partial charge >= 0.3 is 0 Å². The second-order valence-corrected chi connectivity index (χ2v) is 10.5. The van der Waals surface area contributed by atoms with Crippen LogP contribution in [0.3, 0.4) is 0 Å². The van der Waals surface area contributed by atoms with Crippen molar-refractivity contribution in [3.05, 3.63) is 96.6 Å². The Morgan fingerprint density at radius 3 is 2.08 bits per heavy atom. The highest BCUT2D eigenvalue weighted by Crippen LogP contribution is 2.30. The van der Waals surface area contributed by atoms with Gasteiger partial charge in [-0.15, -0.1) is 0 Å². The Labute approximate surface area is 229 Å². The van der Waals surface area contributed by atoms with Gasteiger partial charge in [0.25, 0.3) is 5.91 Å². The first-order valence-electron chi connectivity index (χ1n) is 13.6. The van der Waals surface area contributed by atoms with Crippen molar-refractivity contribution < 1.29 is 4.79 Å². The number of para-hydroxylation sites is 2. The van der Waals surface area contributed by atoms with Gasteiger partial charge < -0.3 is 15.5 Å². The topological polar surface area (TPSA) is 70.2 Å². The lowest BCUT2D eigenvalue weighted by Gasteiger charge is -2.30. The first-order valence-corrected chi connectivity index (χ1v) is 13.6. The number of hydrogen-bond acceptors (Lipinski definition) is 5. The van der Waals surface area contributed by atoms with Crippen molar-refractivity contribution in [2.45, 2.75) is 37.8 Å². The van der Waals surface area contributed by atoms with E-state index in [4.69, 9.17) is 9.97 Å². The third kappa shape index (κ3) is 5.28. The number of nitrogens with zero attached hydrogens (tertiary/aromatic N) is 3. The molecule has 0 radical (unpaired) electrons. The summed E-state index contributed by atoms with van der Waals surface area (Å²) >= 11 is 0. The molecular formula is C33H33N5O. The van der Waals surface area contributed by atoms with E-state index in [0.717, 1.165) is 70.3 Å². The quantitative estimate of drug-likeness (QED) is 0.264. The molecule has 6 heteroatoms. The summed E-state index contributed by atoms with van der Waals surface area (Å²) in [6, 6.07) is 30.7. The van der Waals surface area contributed by atoms with Crippen LogP contribution in [-0.2, 0) is 0 Å². The van der Waals surface area contributed by atoms with Crippen molar-refractivity contribution in [2.24, 2.45) is 0 Å². The highest BCUT2D eigenvalue weighted by molar-refractivity contribution is 6.07. The molecule has 3 aromatic carbocycles. The average molecular weight is 516 g/mol. The van der Waals surface area contributed by atoms with Gasteiger partial charge in [-0.3, -0.25) is 4.79 Å². The summed E-state index contributed by atoms with van der Waals surface area (Å²) in [5, 5.41) is 9.02. The minimum Gasteiger partial charge on any atom is -0.377 e. The van der Waals surface area contributed by atoms with E-state index in [-0.39, 0.29) is 11.9 Å². The number of pyridine rings is 2. The molecule has 6 nitrogen and oxygen atoms in total. The predicted octanol–water partition coefficient (Wildman–Crippen LogP) is 6.67. The van der Waals surface area contributed by atoms with Gasteiger partial charge in [0, 0.05) is 54.3 Å². The van der Waals surface area contributed by atoms with Crippen LogP contribution in [0, 0.1) is 0 Å². The molecule has 6 rings (SSSR count). The molecule has 5 aromatic rings. The van der Waals surface area contributed by atoms with Crippen LogP contribution < -0.4 is 15.5 Å². The largest absolute Gasteiger partial charge is 0.377 e. The number of carbonyl (C=O) groups excluding carboxylic acids is 1. The normalized spacial score (nSPS) is 17.2. The zero-order chi connectivity index (χ0) is 26.8. The summed E-state index contributed by atoms with van der Waals surface area (Å²) in [5.41, 5.74) is 5.47. The number of nitrogens with one attached hydrogen (secondary N) is 2. The molecule has 2 heterocycles. The number of benzene rings is 3. The Kier molecular flexibility index (Phi) is 6.84. The summed E-state index contributed by atoms with van der Waals surface area (Å²) in [5.74, 6) is 0.871. The number of hydrogen-bond donors (Lipinski definition) is 2. The van der Waals surface area contributed by atoms with E-state index < -0.39 is 0 Å². The maximum absolute atomic E-state index is 13.5. The van der Waals surface area contributed by atoms with Gasteiger partial charge in [-0.2, -0.15) is 0 Å². The summed E-state index contributed by atoms with van der Waals surface area (Å²) in [6.45, 7) is 0. The van der Waals surface area contributed by atoms with Gasteiger partial charge in [-0.25, -0.2) is 9.97 Å². The maximum atomic E-state index is 13.5. The molecular weight excluding hydrogens is 482 g/mol. The number of amides is 1. The third-order valence-corrected chi connectivity index (χ3v) is 7.62. The van der Waals surface area contributed by atoms with Crippen molar-refractivity contribution in [1.82, 2.24) is 15.3 Å². The zero-order valence-corrected chi connectivity index (χ0v) is 22.4. The van der Waals surface area contributed by atoms with Crippen molar-refractivity contribution in [3.8, 4) is 11.3 Å². The smallest absolute Gasteiger partial charge is 0.252 e. The minimum atomic E-state index is -0.0333. The Morgan fingerprint density at radius 2 is 1.36 bits per heavy atom. The van der Waals surface area contributed by atoms with Crippen LogP contribution in [-0.4, -0.2) is 42.1 Å². The number of aromatic nitrogens is 2. The maximum Gasteiger partial charge on any atom is 0.252 e. The third-order valence-electron chi connectivity index (χ3n) is 7.62. The van der Waals surface area contributed by atoms with Crippen LogP contribution in [0.2, 0.25) is 0 Å². The number of fused-ring (bicyclic) bond motifs is 2.